The predicted octanol–water partition coefficient (Wildman–Crippen LogP) is 3.04. The van der Waals surface area contributed by atoms with Crippen molar-refractivity contribution in [3.63, 3.8) is 0 Å². The Balaban J connectivity index is 1.37. The highest BCUT2D eigenvalue weighted by atomic mass is 19.1. The first-order valence-electron chi connectivity index (χ1n) is 10.7. The summed E-state index contributed by atoms with van der Waals surface area (Å²) in [5.74, 6) is -0.743. The van der Waals surface area contributed by atoms with Crippen LogP contribution in [0.15, 0.2) is 48.5 Å². The molecular formula is C24H29F2N3O2. The molecule has 1 saturated heterocycles. The lowest BCUT2D eigenvalue weighted by atomic mass is 9.94. The second kappa shape index (κ2) is 11.0. The summed E-state index contributed by atoms with van der Waals surface area (Å²) in [7, 11) is 0. The fraction of sp³-hybridized carbons (Fsp3) is 0.417. The summed E-state index contributed by atoms with van der Waals surface area (Å²) < 4.78 is 26.6. The van der Waals surface area contributed by atoms with Crippen LogP contribution in [-0.4, -0.2) is 42.4 Å². The van der Waals surface area contributed by atoms with E-state index in [2.05, 4.69) is 15.5 Å². The van der Waals surface area contributed by atoms with Gasteiger partial charge in [-0.3, -0.25) is 14.5 Å². The maximum absolute atomic E-state index is 13.7. The molecule has 0 bridgehead atoms. The number of piperidine rings is 1. The van der Waals surface area contributed by atoms with Crippen LogP contribution in [0, 0.1) is 17.6 Å². The fourth-order valence-corrected chi connectivity index (χ4v) is 3.82. The highest BCUT2D eigenvalue weighted by Gasteiger charge is 2.29. The first-order chi connectivity index (χ1) is 14.9. The van der Waals surface area contributed by atoms with E-state index < -0.39 is 0 Å². The molecule has 0 saturated carbocycles. The number of halogens is 2. The van der Waals surface area contributed by atoms with E-state index in [9.17, 15) is 18.4 Å². The monoisotopic (exact) mass is 429 g/mol. The van der Waals surface area contributed by atoms with E-state index in [1.165, 1.54) is 18.2 Å². The van der Waals surface area contributed by atoms with Crippen molar-refractivity contribution in [2.24, 2.45) is 5.92 Å². The van der Waals surface area contributed by atoms with E-state index in [1.807, 2.05) is 6.92 Å². The van der Waals surface area contributed by atoms with Gasteiger partial charge in [-0.2, -0.15) is 0 Å². The predicted molar refractivity (Wildman–Crippen MR) is 115 cm³/mol. The number of nitrogens with zero attached hydrogens (tertiary/aromatic N) is 1. The zero-order valence-electron chi connectivity index (χ0n) is 17.7. The van der Waals surface area contributed by atoms with Gasteiger partial charge in [0.15, 0.2) is 0 Å². The average molecular weight is 430 g/mol. The first kappa shape index (κ1) is 22.9. The summed E-state index contributed by atoms with van der Waals surface area (Å²) in [4.78, 5) is 27.0. The Kier molecular flexibility index (Phi) is 8.12. The number of likely N-dealkylation sites (tertiary alicyclic amines) is 1. The molecule has 0 spiro atoms. The zero-order chi connectivity index (χ0) is 22.2. The molecule has 166 valence electrons. The molecule has 1 atom stereocenters. The van der Waals surface area contributed by atoms with Crippen LogP contribution in [-0.2, 0) is 22.6 Å². The lowest BCUT2D eigenvalue weighted by Crippen LogP contribution is -2.49. The Hall–Kier alpha value is -2.80. The van der Waals surface area contributed by atoms with Crippen LogP contribution >= 0.6 is 0 Å². The van der Waals surface area contributed by atoms with Gasteiger partial charge in [0, 0.05) is 19.0 Å². The standard InChI is InChI=1S/C24H29F2N3O2/c1-17(23(30)28-16-18-6-8-21(25)9-7-18)29-14-11-20(12-15-29)24(31)27-13-10-19-4-2-3-5-22(19)26/h2-9,17,20H,10-16H2,1H3,(H,27,31)(H,28,30). The molecule has 1 heterocycles. The molecule has 0 aromatic heterocycles. The number of rotatable bonds is 8. The molecule has 2 aromatic rings. The van der Waals surface area contributed by atoms with Crippen molar-refractivity contribution in [3.8, 4) is 0 Å². The summed E-state index contributed by atoms with van der Waals surface area (Å²) in [6.45, 7) is 3.94. The van der Waals surface area contributed by atoms with Crippen molar-refractivity contribution >= 4 is 11.8 Å². The number of nitrogens with one attached hydrogen (secondary N) is 2. The van der Waals surface area contributed by atoms with E-state index in [0.717, 1.165) is 5.56 Å². The Morgan fingerprint density at radius 2 is 1.71 bits per heavy atom. The maximum atomic E-state index is 13.7. The van der Waals surface area contributed by atoms with Crippen LogP contribution < -0.4 is 10.6 Å². The average Bonchev–Trinajstić information content (AvgIpc) is 2.79. The third-order valence-electron chi connectivity index (χ3n) is 5.86. The molecule has 1 aliphatic rings. The summed E-state index contributed by atoms with van der Waals surface area (Å²) in [6.07, 6.45) is 1.82. The normalized spacial score (nSPS) is 16.0. The number of carbonyl (C=O) groups excluding carboxylic acids is 2. The van der Waals surface area contributed by atoms with E-state index in [-0.39, 0.29) is 35.4 Å². The van der Waals surface area contributed by atoms with Crippen molar-refractivity contribution < 1.29 is 18.4 Å². The van der Waals surface area contributed by atoms with Gasteiger partial charge in [0.25, 0.3) is 0 Å². The van der Waals surface area contributed by atoms with Gasteiger partial charge in [0.05, 0.1) is 6.04 Å². The highest BCUT2D eigenvalue weighted by Crippen LogP contribution is 2.19. The topological polar surface area (TPSA) is 61.4 Å². The van der Waals surface area contributed by atoms with Crippen molar-refractivity contribution in [3.05, 3.63) is 71.3 Å². The van der Waals surface area contributed by atoms with E-state index in [1.54, 1.807) is 30.3 Å². The number of carbonyl (C=O) groups is 2. The molecule has 7 heteroatoms. The minimum absolute atomic E-state index is 0.00981. The van der Waals surface area contributed by atoms with E-state index in [4.69, 9.17) is 0 Å². The van der Waals surface area contributed by atoms with Crippen LogP contribution in [0.5, 0.6) is 0 Å². The molecule has 0 aliphatic carbocycles. The first-order valence-corrected chi connectivity index (χ1v) is 10.7. The second-order valence-electron chi connectivity index (χ2n) is 7.96. The Morgan fingerprint density at radius 1 is 1.03 bits per heavy atom. The number of hydrogen-bond acceptors (Lipinski definition) is 3. The summed E-state index contributed by atoms with van der Waals surface area (Å²) in [5.41, 5.74) is 1.44. The fourth-order valence-electron chi connectivity index (χ4n) is 3.82. The maximum Gasteiger partial charge on any atom is 0.237 e. The molecule has 2 N–H and O–H groups in total. The SMILES string of the molecule is CC(C(=O)NCc1ccc(F)cc1)N1CCC(C(=O)NCCc2ccccc2F)CC1. The largest absolute Gasteiger partial charge is 0.356 e. The lowest BCUT2D eigenvalue weighted by Gasteiger charge is -2.34. The van der Waals surface area contributed by atoms with Gasteiger partial charge in [-0.15, -0.1) is 0 Å². The van der Waals surface area contributed by atoms with Crippen LogP contribution in [0.1, 0.15) is 30.9 Å². The molecule has 1 aliphatic heterocycles. The van der Waals surface area contributed by atoms with Crippen molar-refractivity contribution in [2.45, 2.75) is 38.8 Å². The van der Waals surface area contributed by atoms with Crippen LogP contribution in [0.3, 0.4) is 0 Å². The zero-order valence-corrected chi connectivity index (χ0v) is 17.7. The van der Waals surface area contributed by atoms with Crippen molar-refractivity contribution in [2.75, 3.05) is 19.6 Å². The molecule has 0 radical (unpaired) electrons. The van der Waals surface area contributed by atoms with Crippen LogP contribution in [0.2, 0.25) is 0 Å². The molecule has 5 nitrogen and oxygen atoms in total. The molecule has 1 fully saturated rings. The second-order valence-corrected chi connectivity index (χ2v) is 7.96. The van der Waals surface area contributed by atoms with Gasteiger partial charge >= 0.3 is 0 Å². The molecule has 1 unspecified atom stereocenters. The number of hydrogen-bond donors (Lipinski definition) is 2. The van der Waals surface area contributed by atoms with Gasteiger partial charge in [0.1, 0.15) is 11.6 Å². The molecule has 31 heavy (non-hydrogen) atoms. The molecule has 3 rings (SSSR count). The molecule has 2 aromatic carbocycles. The molecule has 2 amide bonds. The summed E-state index contributed by atoms with van der Waals surface area (Å²) in [6, 6.07) is 12.3. The third kappa shape index (κ3) is 6.59. The minimum Gasteiger partial charge on any atom is -0.356 e. The highest BCUT2D eigenvalue weighted by molar-refractivity contribution is 5.81. The van der Waals surface area contributed by atoms with Crippen molar-refractivity contribution in [1.82, 2.24) is 15.5 Å². The Bertz CT molecular complexity index is 881. The van der Waals surface area contributed by atoms with E-state index >= 15 is 0 Å². The lowest BCUT2D eigenvalue weighted by molar-refractivity contribution is -0.128. The number of amides is 2. The quantitative estimate of drug-likeness (QED) is 0.678. The van der Waals surface area contributed by atoms with Crippen LogP contribution in [0.25, 0.3) is 0 Å². The van der Waals surface area contributed by atoms with Crippen molar-refractivity contribution in [1.29, 1.82) is 0 Å². The van der Waals surface area contributed by atoms with Gasteiger partial charge in [-0.25, -0.2) is 8.78 Å². The minimum atomic E-state index is -0.303. The number of benzene rings is 2. The Labute approximate surface area is 181 Å². The third-order valence-corrected chi connectivity index (χ3v) is 5.86. The van der Waals surface area contributed by atoms with Gasteiger partial charge in [-0.05, 0) is 68.6 Å². The van der Waals surface area contributed by atoms with Crippen LogP contribution in [0.4, 0.5) is 8.78 Å². The molecular weight excluding hydrogens is 400 g/mol. The summed E-state index contributed by atoms with van der Waals surface area (Å²) >= 11 is 0. The Morgan fingerprint density at radius 3 is 2.39 bits per heavy atom. The van der Waals surface area contributed by atoms with Gasteiger partial charge in [-0.1, -0.05) is 30.3 Å². The van der Waals surface area contributed by atoms with Gasteiger partial charge < -0.3 is 10.6 Å². The summed E-state index contributed by atoms with van der Waals surface area (Å²) in [5, 5.41) is 5.79. The smallest absolute Gasteiger partial charge is 0.237 e. The van der Waals surface area contributed by atoms with Gasteiger partial charge in [0.2, 0.25) is 11.8 Å². The van der Waals surface area contributed by atoms with E-state index in [0.29, 0.717) is 51.0 Å².